The fraction of sp³-hybridized carbons (Fsp3) is 0.429. The first-order chi connectivity index (χ1) is 8.54. The number of rotatable bonds is 4. The standard InChI is InChI=1S/C14H18N2O2/c1-9(2)6-14(17)15-8-11-4-5-12-13(7-11)18-10(3)16-12/h4-5,7,9H,6,8H2,1-3H3,(H,15,17). The summed E-state index contributed by atoms with van der Waals surface area (Å²) in [7, 11) is 0. The van der Waals surface area contributed by atoms with Crippen LogP contribution in [0.4, 0.5) is 0 Å². The minimum absolute atomic E-state index is 0.0823. The van der Waals surface area contributed by atoms with E-state index in [4.69, 9.17) is 4.42 Å². The Morgan fingerprint density at radius 1 is 1.44 bits per heavy atom. The molecule has 1 amide bonds. The number of hydrogen-bond donors (Lipinski definition) is 1. The molecule has 0 unspecified atom stereocenters. The van der Waals surface area contributed by atoms with Gasteiger partial charge in [0.2, 0.25) is 5.91 Å². The molecule has 1 heterocycles. The van der Waals surface area contributed by atoms with Crippen LogP contribution in [0.2, 0.25) is 0 Å². The van der Waals surface area contributed by atoms with E-state index in [1.807, 2.05) is 39.0 Å². The molecule has 1 N–H and O–H groups in total. The number of fused-ring (bicyclic) bond motifs is 1. The van der Waals surface area contributed by atoms with Crippen molar-refractivity contribution in [3.8, 4) is 0 Å². The average molecular weight is 246 g/mol. The summed E-state index contributed by atoms with van der Waals surface area (Å²) in [6.07, 6.45) is 0.559. The van der Waals surface area contributed by atoms with Gasteiger partial charge < -0.3 is 9.73 Å². The topological polar surface area (TPSA) is 55.1 Å². The molecule has 0 bridgehead atoms. The molecule has 4 nitrogen and oxygen atoms in total. The van der Waals surface area contributed by atoms with Gasteiger partial charge in [-0.3, -0.25) is 4.79 Å². The van der Waals surface area contributed by atoms with Crippen LogP contribution in [0.3, 0.4) is 0 Å². The molecule has 0 aliphatic heterocycles. The maximum absolute atomic E-state index is 11.5. The van der Waals surface area contributed by atoms with Crippen LogP contribution in [0, 0.1) is 12.8 Å². The van der Waals surface area contributed by atoms with Crippen LogP contribution < -0.4 is 5.32 Å². The fourth-order valence-electron chi connectivity index (χ4n) is 1.84. The van der Waals surface area contributed by atoms with Crippen LogP contribution >= 0.6 is 0 Å². The highest BCUT2D eigenvalue weighted by Gasteiger charge is 2.06. The van der Waals surface area contributed by atoms with Gasteiger partial charge in [0.25, 0.3) is 0 Å². The van der Waals surface area contributed by atoms with Crippen molar-refractivity contribution in [2.45, 2.75) is 33.7 Å². The van der Waals surface area contributed by atoms with E-state index < -0.39 is 0 Å². The lowest BCUT2D eigenvalue weighted by Gasteiger charge is -2.06. The van der Waals surface area contributed by atoms with Gasteiger partial charge in [-0.05, 0) is 23.6 Å². The summed E-state index contributed by atoms with van der Waals surface area (Å²) in [5, 5.41) is 2.90. The summed E-state index contributed by atoms with van der Waals surface area (Å²) in [6, 6.07) is 5.79. The van der Waals surface area contributed by atoms with Gasteiger partial charge in [-0.15, -0.1) is 0 Å². The molecule has 18 heavy (non-hydrogen) atoms. The number of nitrogens with one attached hydrogen (secondary N) is 1. The number of amides is 1. The molecule has 1 aromatic carbocycles. The van der Waals surface area contributed by atoms with Gasteiger partial charge in [-0.1, -0.05) is 19.9 Å². The molecule has 0 spiro atoms. The number of aryl methyl sites for hydroxylation is 1. The first kappa shape index (κ1) is 12.6. The van der Waals surface area contributed by atoms with Gasteiger partial charge in [0.05, 0.1) is 0 Å². The Balaban J connectivity index is 2.01. The Morgan fingerprint density at radius 3 is 2.94 bits per heavy atom. The van der Waals surface area contributed by atoms with Gasteiger partial charge >= 0.3 is 0 Å². The molecule has 96 valence electrons. The van der Waals surface area contributed by atoms with Crippen LogP contribution in [-0.4, -0.2) is 10.9 Å². The second-order valence-electron chi connectivity index (χ2n) is 4.91. The van der Waals surface area contributed by atoms with E-state index in [0.717, 1.165) is 16.7 Å². The summed E-state index contributed by atoms with van der Waals surface area (Å²) >= 11 is 0. The van der Waals surface area contributed by atoms with Gasteiger partial charge in [0, 0.05) is 19.9 Å². The molecular weight excluding hydrogens is 228 g/mol. The lowest BCUT2D eigenvalue weighted by molar-refractivity contribution is -0.121. The first-order valence-corrected chi connectivity index (χ1v) is 6.17. The summed E-state index contributed by atoms with van der Waals surface area (Å²) in [4.78, 5) is 15.8. The zero-order valence-corrected chi connectivity index (χ0v) is 11.0. The Kier molecular flexibility index (Phi) is 3.65. The van der Waals surface area contributed by atoms with Gasteiger partial charge in [-0.2, -0.15) is 0 Å². The van der Waals surface area contributed by atoms with E-state index in [2.05, 4.69) is 10.3 Å². The Labute approximate surface area is 106 Å². The van der Waals surface area contributed by atoms with Crippen molar-refractivity contribution in [3.05, 3.63) is 29.7 Å². The quantitative estimate of drug-likeness (QED) is 0.902. The van der Waals surface area contributed by atoms with Crippen molar-refractivity contribution in [2.75, 3.05) is 0 Å². The number of carbonyl (C=O) groups is 1. The number of hydrogen-bond acceptors (Lipinski definition) is 3. The number of aromatic nitrogens is 1. The Bertz CT molecular complexity index is 558. The second kappa shape index (κ2) is 5.21. The molecule has 0 radical (unpaired) electrons. The highest BCUT2D eigenvalue weighted by Crippen LogP contribution is 2.16. The molecule has 4 heteroatoms. The molecule has 0 atom stereocenters. The van der Waals surface area contributed by atoms with E-state index in [-0.39, 0.29) is 5.91 Å². The van der Waals surface area contributed by atoms with Crippen LogP contribution in [0.1, 0.15) is 31.7 Å². The average Bonchev–Trinajstić information content (AvgIpc) is 2.64. The SMILES string of the molecule is Cc1nc2ccc(CNC(=O)CC(C)C)cc2o1. The predicted molar refractivity (Wildman–Crippen MR) is 70.0 cm³/mol. The number of carbonyl (C=O) groups excluding carboxylic acids is 1. The maximum Gasteiger partial charge on any atom is 0.220 e. The molecule has 2 aromatic rings. The number of nitrogens with zero attached hydrogens (tertiary/aromatic N) is 1. The van der Waals surface area contributed by atoms with Gasteiger partial charge in [0.15, 0.2) is 11.5 Å². The third-order valence-corrected chi connectivity index (χ3v) is 2.64. The maximum atomic E-state index is 11.5. The summed E-state index contributed by atoms with van der Waals surface area (Å²) < 4.78 is 5.46. The zero-order chi connectivity index (χ0) is 13.1. The minimum atomic E-state index is 0.0823. The van der Waals surface area contributed by atoms with E-state index in [1.54, 1.807) is 0 Å². The summed E-state index contributed by atoms with van der Waals surface area (Å²) in [5.41, 5.74) is 2.64. The highest BCUT2D eigenvalue weighted by atomic mass is 16.3. The van der Waals surface area contributed by atoms with Crippen molar-refractivity contribution < 1.29 is 9.21 Å². The molecule has 0 aliphatic carbocycles. The van der Waals surface area contributed by atoms with E-state index >= 15 is 0 Å². The number of benzene rings is 1. The lowest BCUT2D eigenvalue weighted by Crippen LogP contribution is -2.23. The van der Waals surface area contributed by atoms with Crippen molar-refractivity contribution in [2.24, 2.45) is 5.92 Å². The number of oxazole rings is 1. The van der Waals surface area contributed by atoms with Crippen molar-refractivity contribution >= 4 is 17.0 Å². The lowest BCUT2D eigenvalue weighted by atomic mass is 10.1. The van der Waals surface area contributed by atoms with Crippen LogP contribution in [-0.2, 0) is 11.3 Å². The van der Waals surface area contributed by atoms with Gasteiger partial charge in [0.1, 0.15) is 5.52 Å². The monoisotopic (exact) mass is 246 g/mol. The normalized spacial score (nSPS) is 11.1. The Morgan fingerprint density at radius 2 is 2.22 bits per heavy atom. The van der Waals surface area contributed by atoms with E-state index in [1.165, 1.54) is 0 Å². The van der Waals surface area contributed by atoms with Crippen molar-refractivity contribution in [3.63, 3.8) is 0 Å². The summed E-state index contributed by atoms with van der Waals surface area (Å²) in [5.74, 6) is 1.12. The van der Waals surface area contributed by atoms with Crippen molar-refractivity contribution in [1.82, 2.24) is 10.3 Å². The molecule has 0 saturated heterocycles. The molecular formula is C14H18N2O2. The Hall–Kier alpha value is -1.84. The van der Waals surface area contributed by atoms with E-state index in [9.17, 15) is 4.79 Å². The molecule has 0 fully saturated rings. The first-order valence-electron chi connectivity index (χ1n) is 6.17. The largest absolute Gasteiger partial charge is 0.441 e. The predicted octanol–water partition coefficient (Wildman–Crippen LogP) is 2.80. The molecule has 0 aliphatic rings. The van der Waals surface area contributed by atoms with Crippen molar-refractivity contribution in [1.29, 1.82) is 0 Å². The zero-order valence-electron chi connectivity index (χ0n) is 11.0. The molecule has 0 saturated carbocycles. The van der Waals surface area contributed by atoms with Gasteiger partial charge in [-0.25, -0.2) is 4.98 Å². The minimum Gasteiger partial charge on any atom is -0.441 e. The van der Waals surface area contributed by atoms with Crippen LogP contribution in [0.15, 0.2) is 22.6 Å². The van der Waals surface area contributed by atoms with Crippen LogP contribution in [0.5, 0.6) is 0 Å². The molecule has 1 aromatic heterocycles. The van der Waals surface area contributed by atoms with E-state index in [0.29, 0.717) is 24.8 Å². The van der Waals surface area contributed by atoms with Crippen LogP contribution in [0.25, 0.3) is 11.1 Å². The third kappa shape index (κ3) is 3.09. The smallest absolute Gasteiger partial charge is 0.220 e. The fourth-order valence-corrected chi connectivity index (χ4v) is 1.84. The summed E-state index contributed by atoms with van der Waals surface area (Å²) in [6.45, 7) is 6.41. The highest BCUT2D eigenvalue weighted by molar-refractivity contribution is 5.76. The second-order valence-corrected chi connectivity index (χ2v) is 4.91. The molecule has 2 rings (SSSR count). The third-order valence-electron chi connectivity index (χ3n) is 2.64.